The van der Waals surface area contributed by atoms with Gasteiger partial charge in [0.1, 0.15) is 5.52 Å². The molecule has 3 heterocycles. The summed E-state index contributed by atoms with van der Waals surface area (Å²) in [6.45, 7) is 4.15. The first kappa shape index (κ1) is 11.5. The Hall–Kier alpha value is -1.62. The Morgan fingerprint density at radius 3 is 3.17 bits per heavy atom. The molecular formula is C13H19N5. The first-order valence-electron chi connectivity index (χ1n) is 6.54. The number of fused-ring (bicyclic) bond motifs is 1. The molecule has 2 aromatic heterocycles. The maximum absolute atomic E-state index is 6.04. The lowest BCUT2D eigenvalue weighted by Crippen LogP contribution is -2.42. The molecule has 2 unspecified atom stereocenters. The highest BCUT2D eigenvalue weighted by atomic mass is 15.3. The van der Waals surface area contributed by atoms with Crippen LogP contribution in [0.4, 0.5) is 5.82 Å². The van der Waals surface area contributed by atoms with Crippen LogP contribution in [0.2, 0.25) is 0 Å². The van der Waals surface area contributed by atoms with Crippen molar-refractivity contribution in [1.29, 1.82) is 0 Å². The van der Waals surface area contributed by atoms with Crippen LogP contribution in [0.25, 0.3) is 5.52 Å². The van der Waals surface area contributed by atoms with Gasteiger partial charge in [-0.05, 0) is 31.7 Å². The standard InChI is InChI=1S/C13H19N5/c1-10(14)11-3-2-7-17(9-11)13-12-4-5-16-18(12)8-6-15-13/h4-6,8,10-11H,2-3,7,9,14H2,1H3. The Morgan fingerprint density at radius 1 is 1.44 bits per heavy atom. The maximum Gasteiger partial charge on any atom is 0.154 e. The molecule has 1 saturated heterocycles. The van der Waals surface area contributed by atoms with E-state index in [0.717, 1.165) is 24.4 Å². The fourth-order valence-corrected chi connectivity index (χ4v) is 2.72. The van der Waals surface area contributed by atoms with Gasteiger partial charge in [-0.3, -0.25) is 0 Å². The maximum atomic E-state index is 6.04. The quantitative estimate of drug-likeness (QED) is 0.866. The summed E-state index contributed by atoms with van der Waals surface area (Å²) in [5.74, 6) is 1.59. The Bertz CT molecular complexity index is 533. The van der Waals surface area contributed by atoms with E-state index < -0.39 is 0 Å². The highest BCUT2D eigenvalue weighted by molar-refractivity contribution is 5.68. The third-order valence-corrected chi connectivity index (χ3v) is 3.81. The SMILES string of the molecule is CC(N)C1CCCN(c2nccn3nccc23)C1. The number of aromatic nitrogens is 3. The van der Waals surface area contributed by atoms with Gasteiger partial charge in [0.15, 0.2) is 5.82 Å². The minimum absolute atomic E-state index is 0.248. The zero-order valence-electron chi connectivity index (χ0n) is 10.7. The molecule has 0 spiro atoms. The van der Waals surface area contributed by atoms with E-state index >= 15 is 0 Å². The molecular weight excluding hydrogens is 226 g/mol. The minimum Gasteiger partial charge on any atom is -0.354 e. The average Bonchev–Trinajstić information content (AvgIpc) is 2.87. The molecule has 1 fully saturated rings. The van der Waals surface area contributed by atoms with Crippen LogP contribution in [0.3, 0.4) is 0 Å². The zero-order valence-corrected chi connectivity index (χ0v) is 10.7. The van der Waals surface area contributed by atoms with E-state index in [4.69, 9.17) is 5.73 Å². The molecule has 0 bridgehead atoms. The largest absolute Gasteiger partial charge is 0.354 e. The van der Waals surface area contributed by atoms with Crippen molar-refractivity contribution < 1.29 is 0 Å². The van der Waals surface area contributed by atoms with E-state index in [9.17, 15) is 0 Å². The van der Waals surface area contributed by atoms with Crippen LogP contribution in [0.15, 0.2) is 24.7 Å². The van der Waals surface area contributed by atoms with Gasteiger partial charge in [0.2, 0.25) is 0 Å². The van der Waals surface area contributed by atoms with Crippen molar-refractivity contribution in [1.82, 2.24) is 14.6 Å². The van der Waals surface area contributed by atoms with Gasteiger partial charge >= 0.3 is 0 Å². The van der Waals surface area contributed by atoms with Crippen molar-refractivity contribution in [3.8, 4) is 0 Å². The summed E-state index contributed by atoms with van der Waals surface area (Å²) < 4.78 is 1.87. The Kier molecular flexibility index (Phi) is 2.91. The van der Waals surface area contributed by atoms with Gasteiger partial charge in [0, 0.05) is 31.5 Å². The molecule has 2 N–H and O–H groups in total. The van der Waals surface area contributed by atoms with Crippen LogP contribution in [0.5, 0.6) is 0 Å². The second-order valence-corrected chi connectivity index (χ2v) is 5.12. The Morgan fingerprint density at radius 2 is 2.33 bits per heavy atom. The Labute approximate surface area is 107 Å². The number of hydrogen-bond donors (Lipinski definition) is 1. The third kappa shape index (κ3) is 1.95. The van der Waals surface area contributed by atoms with Gasteiger partial charge in [-0.25, -0.2) is 9.50 Å². The molecule has 1 aliphatic rings. The van der Waals surface area contributed by atoms with E-state index in [2.05, 4.69) is 21.9 Å². The number of nitrogens with two attached hydrogens (primary N) is 1. The molecule has 2 aromatic rings. The van der Waals surface area contributed by atoms with E-state index in [0.29, 0.717) is 5.92 Å². The molecule has 0 amide bonds. The summed E-state index contributed by atoms with van der Waals surface area (Å²) in [6.07, 6.45) is 7.91. The topological polar surface area (TPSA) is 59.5 Å². The van der Waals surface area contributed by atoms with Gasteiger partial charge in [-0.1, -0.05) is 0 Å². The van der Waals surface area contributed by atoms with Crippen molar-refractivity contribution >= 4 is 11.3 Å². The molecule has 0 saturated carbocycles. The number of hydrogen-bond acceptors (Lipinski definition) is 4. The molecule has 1 aliphatic heterocycles. The van der Waals surface area contributed by atoms with Crippen molar-refractivity contribution in [2.24, 2.45) is 11.7 Å². The number of nitrogens with zero attached hydrogens (tertiary/aromatic N) is 4. The van der Waals surface area contributed by atoms with Gasteiger partial charge in [-0.2, -0.15) is 5.10 Å². The first-order chi connectivity index (χ1) is 8.75. The molecule has 3 rings (SSSR count). The van der Waals surface area contributed by atoms with E-state index in [1.807, 2.05) is 29.2 Å². The number of anilines is 1. The highest BCUT2D eigenvalue weighted by Crippen LogP contribution is 2.25. The minimum atomic E-state index is 0.248. The van der Waals surface area contributed by atoms with Crippen LogP contribution in [0.1, 0.15) is 19.8 Å². The van der Waals surface area contributed by atoms with Crippen LogP contribution >= 0.6 is 0 Å². The zero-order chi connectivity index (χ0) is 12.5. The molecule has 0 aliphatic carbocycles. The van der Waals surface area contributed by atoms with Crippen molar-refractivity contribution in [3.63, 3.8) is 0 Å². The lowest BCUT2D eigenvalue weighted by Gasteiger charge is -2.35. The van der Waals surface area contributed by atoms with E-state index in [-0.39, 0.29) is 6.04 Å². The summed E-state index contributed by atoms with van der Waals surface area (Å²) in [4.78, 5) is 6.86. The smallest absolute Gasteiger partial charge is 0.154 e. The highest BCUT2D eigenvalue weighted by Gasteiger charge is 2.24. The molecule has 0 radical (unpaired) electrons. The fourth-order valence-electron chi connectivity index (χ4n) is 2.72. The number of rotatable bonds is 2. The number of piperidine rings is 1. The summed E-state index contributed by atoms with van der Waals surface area (Å²) in [5, 5.41) is 4.25. The van der Waals surface area contributed by atoms with Crippen molar-refractivity contribution in [2.75, 3.05) is 18.0 Å². The van der Waals surface area contributed by atoms with Gasteiger partial charge in [0.05, 0.1) is 6.20 Å². The lowest BCUT2D eigenvalue weighted by molar-refractivity contribution is 0.363. The van der Waals surface area contributed by atoms with Gasteiger partial charge < -0.3 is 10.6 Å². The average molecular weight is 245 g/mol. The molecule has 5 nitrogen and oxygen atoms in total. The van der Waals surface area contributed by atoms with E-state index in [1.165, 1.54) is 12.8 Å². The molecule has 2 atom stereocenters. The summed E-state index contributed by atoms with van der Waals surface area (Å²) in [5.41, 5.74) is 7.11. The predicted molar refractivity (Wildman–Crippen MR) is 71.6 cm³/mol. The Balaban J connectivity index is 1.92. The summed E-state index contributed by atoms with van der Waals surface area (Å²) in [6, 6.07) is 2.26. The third-order valence-electron chi connectivity index (χ3n) is 3.81. The van der Waals surface area contributed by atoms with Crippen molar-refractivity contribution in [2.45, 2.75) is 25.8 Å². The summed E-state index contributed by atoms with van der Waals surface area (Å²) >= 11 is 0. The predicted octanol–water partition coefficient (Wildman–Crippen LogP) is 1.29. The van der Waals surface area contributed by atoms with Crippen LogP contribution in [-0.2, 0) is 0 Å². The van der Waals surface area contributed by atoms with Crippen LogP contribution in [0, 0.1) is 5.92 Å². The normalized spacial score (nSPS) is 22.3. The van der Waals surface area contributed by atoms with Crippen molar-refractivity contribution in [3.05, 3.63) is 24.7 Å². The molecule has 18 heavy (non-hydrogen) atoms. The van der Waals surface area contributed by atoms with Gasteiger partial charge in [-0.15, -0.1) is 0 Å². The van der Waals surface area contributed by atoms with Crippen LogP contribution < -0.4 is 10.6 Å². The first-order valence-corrected chi connectivity index (χ1v) is 6.54. The van der Waals surface area contributed by atoms with Gasteiger partial charge in [0.25, 0.3) is 0 Å². The van der Waals surface area contributed by atoms with Crippen LogP contribution in [-0.4, -0.2) is 33.7 Å². The molecule has 96 valence electrons. The van der Waals surface area contributed by atoms with E-state index in [1.54, 1.807) is 0 Å². The second kappa shape index (κ2) is 4.57. The monoisotopic (exact) mass is 245 g/mol. The molecule has 0 aromatic carbocycles. The fraction of sp³-hybridized carbons (Fsp3) is 0.538. The second-order valence-electron chi connectivity index (χ2n) is 5.12. The summed E-state index contributed by atoms with van der Waals surface area (Å²) in [7, 11) is 0. The lowest BCUT2D eigenvalue weighted by atomic mass is 9.92. The molecule has 5 heteroatoms.